The van der Waals surface area contributed by atoms with E-state index >= 15 is 0 Å². The summed E-state index contributed by atoms with van der Waals surface area (Å²) >= 11 is 3.06. The average Bonchev–Trinajstić information content (AvgIpc) is 3.20. The Morgan fingerprint density at radius 3 is 2.60 bits per heavy atom. The fourth-order valence-corrected chi connectivity index (χ4v) is 5.00. The maximum atomic E-state index is 12.4. The lowest BCUT2D eigenvalue weighted by Crippen LogP contribution is -2.15. The van der Waals surface area contributed by atoms with Crippen LogP contribution in [0.5, 0.6) is 0 Å². The number of hydrogen-bond donors (Lipinski definition) is 1. The van der Waals surface area contributed by atoms with Crippen molar-refractivity contribution < 1.29 is 0 Å². The Bertz CT molecular complexity index is 1230. The molecule has 0 radical (unpaired) electrons. The van der Waals surface area contributed by atoms with Crippen molar-refractivity contribution in [2.24, 2.45) is 0 Å². The minimum absolute atomic E-state index is 0.0674. The van der Waals surface area contributed by atoms with E-state index in [-0.39, 0.29) is 5.56 Å². The Balaban J connectivity index is 1.51. The molecular formula is C22H23N5OS2. The maximum Gasteiger partial charge on any atom is 0.258 e. The molecule has 1 N–H and O–H groups in total. The first-order valence-electron chi connectivity index (χ1n) is 9.91. The maximum absolute atomic E-state index is 12.4. The van der Waals surface area contributed by atoms with Crippen LogP contribution in [0.15, 0.2) is 51.7 Å². The zero-order valence-electron chi connectivity index (χ0n) is 17.2. The molecule has 0 aliphatic rings. The minimum Gasteiger partial charge on any atom is -0.330 e. The van der Waals surface area contributed by atoms with Gasteiger partial charge in [-0.05, 0) is 42.5 Å². The number of aromatic nitrogens is 4. The Hall–Kier alpha value is -2.71. The molecule has 3 heterocycles. The van der Waals surface area contributed by atoms with E-state index in [0.29, 0.717) is 11.4 Å². The highest BCUT2D eigenvalue weighted by Crippen LogP contribution is 2.32. The van der Waals surface area contributed by atoms with Crippen molar-refractivity contribution in [3.8, 4) is 0 Å². The number of hydrogen-bond acceptors (Lipinski definition) is 7. The van der Waals surface area contributed by atoms with Crippen molar-refractivity contribution in [2.75, 3.05) is 5.32 Å². The SMILES string of the molecule is CCc1cccc(CC)c1Nc1nnc(SCc2cc(=O)n3cccc(C)c3n2)s1. The molecule has 0 aliphatic heterocycles. The summed E-state index contributed by atoms with van der Waals surface area (Å²) in [4.78, 5) is 17.0. The molecule has 3 aromatic heterocycles. The molecule has 0 atom stereocenters. The molecule has 1 aromatic carbocycles. The molecule has 0 fully saturated rings. The zero-order valence-corrected chi connectivity index (χ0v) is 18.8. The van der Waals surface area contributed by atoms with Crippen LogP contribution < -0.4 is 10.9 Å². The van der Waals surface area contributed by atoms with Gasteiger partial charge in [-0.1, -0.05) is 61.2 Å². The number of aryl methyl sites for hydroxylation is 3. The number of thioether (sulfide) groups is 1. The molecule has 4 rings (SSSR count). The quantitative estimate of drug-likeness (QED) is 0.410. The number of nitrogens with zero attached hydrogens (tertiary/aromatic N) is 4. The van der Waals surface area contributed by atoms with Gasteiger partial charge in [0.2, 0.25) is 5.13 Å². The summed E-state index contributed by atoms with van der Waals surface area (Å²) in [5, 5.41) is 12.8. The topological polar surface area (TPSA) is 72.2 Å². The number of rotatable bonds is 7. The Labute approximate surface area is 183 Å². The van der Waals surface area contributed by atoms with Crippen molar-refractivity contribution in [3.05, 3.63) is 75.3 Å². The summed E-state index contributed by atoms with van der Waals surface area (Å²) in [5.41, 5.74) is 6.03. The fraction of sp³-hybridized carbons (Fsp3) is 0.273. The van der Waals surface area contributed by atoms with Gasteiger partial charge in [0.1, 0.15) is 5.65 Å². The van der Waals surface area contributed by atoms with Crippen molar-refractivity contribution in [2.45, 2.75) is 43.7 Å². The Morgan fingerprint density at radius 1 is 1.10 bits per heavy atom. The van der Waals surface area contributed by atoms with Crippen LogP contribution in [0, 0.1) is 6.92 Å². The van der Waals surface area contributed by atoms with E-state index in [4.69, 9.17) is 0 Å². The second-order valence-electron chi connectivity index (χ2n) is 6.92. The van der Waals surface area contributed by atoms with Crippen LogP contribution >= 0.6 is 23.1 Å². The molecule has 4 aromatic rings. The molecule has 8 heteroatoms. The van der Waals surface area contributed by atoms with E-state index < -0.39 is 0 Å². The predicted octanol–water partition coefficient (Wildman–Crippen LogP) is 5.02. The number of anilines is 2. The van der Waals surface area contributed by atoms with Gasteiger partial charge in [0.25, 0.3) is 5.56 Å². The van der Waals surface area contributed by atoms with Gasteiger partial charge in [-0.15, -0.1) is 10.2 Å². The third-order valence-electron chi connectivity index (χ3n) is 4.92. The molecule has 154 valence electrons. The van der Waals surface area contributed by atoms with Crippen LogP contribution in [-0.4, -0.2) is 19.6 Å². The standard InChI is InChI=1S/C22H23N5OS2/c1-4-15-9-6-10-16(5-2)19(15)24-21-25-26-22(30-21)29-13-17-12-18(28)27-11-7-8-14(3)20(27)23-17/h6-12H,4-5,13H2,1-3H3,(H,24,25). The second-order valence-corrected chi connectivity index (χ2v) is 9.12. The summed E-state index contributed by atoms with van der Waals surface area (Å²) in [7, 11) is 0. The molecule has 0 unspecified atom stereocenters. The summed E-state index contributed by atoms with van der Waals surface area (Å²) in [6.45, 7) is 6.27. The molecule has 0 spiro atoms. The van der Waals surface area contributed by atoms with Gasteiger partial charge in [-0.25, -0.2) is 4.98 Å². The first-order chi connectivity index (χ1) is 14.6. The van der Waals surface area contributed by atoms with Crippen LogP contribution in [-0.2, 0) is 18.6 Å². The van der Waals surface area contributed by atoms with Gasteiger partial charge in [0.15, 0.2) is 4.34 Å². The number of fused-ring (bicyclic) bond motifs is 1. The van der Waals surface area contributed by atoms with Crippen molar-refractivity contribution in [1.82, 2.24) is 19.6 Å². The van der Waals surface area contributed by atoms with Crippen LogP contribution in [0.1, 0.15) is 36.2 Å². The van der Waals surface area contributed by atoms with E-state index in [1.54, 1.807) is 28.4 Å². The molecule has 0 aliphatic carbocycles. The first kappa shape index (κ1) is 20.6. The van der Waals surface area contributed by atoms with Gasteiger partial charge in [0.05, 0.1) is 5.69 Å². The largest absolute Gasteiger partial charge is 0.330 e. The number of para-hydroxylation sites is 1. The third kappa shape index (κ3) is 4.24. The summed E-state index contributed by atoms with van der Waals surface area (Å²) in [5.74, 6) is 0.570. The normalized spacial score (nSPS) is 11.2. The second kappa shape index (κ2) is 8.97. The first-order valence-corrected chi connectivity index (χ1v) is 11.7. The van der Waals surface area contributed by atoms with E-state index in [1.165, 1.54) is 22.5 Å². The van der Waals surface area contributed by atoms with Crippen LogP contribution in [0.4, 0.5) is 10.8 Å². The summed E-state index contributed by atoms with van der Waals surface area (Å²) in [6.07, 6.45) is 3.66. The van der Waals surface area contributed by atoms with Gasteiger partial charge in [0, 0.05) is 23.7 Å². The summed E-state index contributed by atoms with van der Waals surface area (Å²) in [6, 6.07) is 11.8. The number of nitrogens with one attached hydrogen (secondary N) is 1. The van der Waals surface area contributed by atoms with Crippen LogP contribution in [0.3, 0.4) is 0 Å². The lowest BCUT2D eigenvalue weighted by atomic mass is 10.0. The highest BCUT2D eigenvalue weighted by Gasteiger charge is 2.12. The smallest absolute Gasteiger partial charge is 0.258 e. The highest BCUT2D eigenvalue weighted by atomic mass is 32.2. The third-order valence-corrected chi connectivity index (χ3v) is 6.93. The summed E-state index contributed by atoms with van der Waals surface area (Å²) < 4.78 is 2.42. The molecular weight excluding hydrogens is 414 g/mol. The van der Waals surface area contributed by atoms with Gasteiger partial charge in [-0.3, -0.25) is 9.20 Å². The van der Waals surface area contributed by atoms with Crippen LogP contribution in [0.25, 0.3) is 5.65 Å². The zero-order chi connectivity index (χ0) is 21.1. The Morgan fingerprint density at radius 2 is 1.87 bits per heavy atom. The predicted molar refractivity (Wildman–Crippen MR) is 124 cm³/mol. The molecule has 0 bridgehead atoms. The Kier molecular flexibility index (Phi) is 6.15. The highest BCUT2D eigenvalue weighted by molar-refractivity contribution is 8.00. The minimum atomic E-state index is -0.0674. The molecule has 0 saturated carbocycles. The number of benzene rings is 1. The van der Waals surface area contributed by atoms with E-state index in [2.05, 4.69) is 52.5 Å². The van der Waals surface area contributed by atoms with E-state index in [9.17, 15) is 4.79 Å². The molecule has 0 saturated heterocycles. The van der Waals surface area contributed by atoms with E-state index in [0.717, 1.165) is 39.3 Å². The monoisotopic (exact) mass is 437 g/mol. The fourth-order valence-electron chi connectivity index (χ4n) is 3.35. The van der Waals surface area contributed by atoms with Gasteiger partial charge >= 0.3 is 0 Å². The van der Waals surface area contributed by atoms with Crippen molar-refractivity contribution in [3.63, 3.8) is 0 Å². The van der Waals surface area contributed by atoms with Crippen LogP contribution in [0.2, 0.25) is 0 Å². The van der Waals surface area contributed by atoms with Crippen molar-refractivity contribution >= 4 is 39.6 Å². The van der Waals surface area contributed by atoms with E-state index in [1.807, 2.05) is 19.1 Å². The van der Waals surface area contributed by atoms with Gasteiger partial charge < -0.3 is 5.32 Å². The molecule has 6 nitrogen and oxygen atoms in total. The molecule has 0 amide bonds. The van der Waals surface area contributed by atoms with Gasteiger partial charge in [-0.2, -0.15) is 0 Å². The van der Waals surface area contributed by atoms with Crippen molar-refractivity contribution in [1.29, 1.82) is 0 Å². The lowest BCUT2D eigenvalue weighted by molar-refractivity contribution is 0.993. The molecule has 30 heavy (non-hydrogen) atoms. The number of pyridine rings is 1. The average molecular weight is 438 g/mol. The lowest BCUT2D eigenvalue weighted by Gasteiger charge is -2.13.